The molecule has 0 aromatic carbocycles. The van der Waals surface area contributed by atoms with Crippen molar-refractivity contribution >= 4 is 17.3 Å². The molecule has 1 unspecified atom stereocenters. The minimum atomic E-state index is 0.213. The van der Waals surface area contributed by atoms with Gasteiger partial charge in [-0.15, -0.1) is 0 Å². The third-order valence-electron chi connectivity index (χ3n) is 2.09. The molecule has 15 heavy (non-hydrogen) atoms. The Bertz CT molecular complexity index is 300. The molecule has 1 aromatic heterocycles. The van der Waals surface area contributed by atoms with Crippen LogP contribution in [0.5, 0.6) is 0 Å². The van der Waals surface area contributed by atoms with Gasteiger partial charge in [0.15, 0.2) is 5.11 Å². The van der Waals surface area contributed by atoms with Crippen molar-refractivity contribution < 1.29 is 0 Å². The summed E-state index contributed by atoms with van der Waals surface area (Å²) in [6.45, 7) is 5.10. The first-order valence-electron chi connectivity index (χ1n) is 5.18. The van der Waals surface area contributed by atoms with Gasteiger partial charge in [0.2, 0.25) is 0 Å². The van der Waals surface area contributed by atoms with Crippen LogP contribution in [0.15, 0.2) is 24.5 Å². The number of thiocarbonyl (C=S) groups is 1. The first-order chi connectivity index (χ1) is 7.24. The standard InChI is InChI=1S/C11H17N3S/c1-3-6-13-11(15)14-9(2)10-4-7-12-8-5-10/h4-5,7-9H,3,6H2,1-2H3,(H2,13,14,15). The Labute approximate surface area is 96.3 Å². The zero-order chi connectivity index (χ0) is 11.1. The molecule has 1 rings (SSSR count). The second kappa shape index (κ2) is 6.35. The molecule has 1 atom stereocenters. The lowest BCUT2D eigenvalue weighted by Gasteiger charge is -2.16. The number of aromatic nitrogens is 1. The molecule has 3 nitrogen and oxygen atoms in total. The summed E-state index contributed by atoms with van der Waals surface area (Å²) in [6.07, 6.45) is 4.65. The maximum atomic E-state index is 5.16. The van der Waals surface area contributed by atoms with Crippen LogP contribution in [0.2, 0.25) is 0 Å². The van der Waals surface area contributed by atoms with Gasteiger partial charge in [0.05, 0.1) is 6.04 Å². The fraction of sp³-hybridized carbons (Fsp3) is 0.455. The lowest BCUT2D eigenvalue weighted by atomic mass is 10.1. The monoisotopic (exact) mass is 223 g/mol. The van der Waals surface area contributed by atoms with Gasteiger partial charge in [-0.3, -0.25) is 4.98 Å². The van der Waals surface area contributed by atoms with Crippen molar-refractivity contribution in [1.82, 2.24) is 15.6 Å². The molecule has 0 aliphatic carbocycles. The van der Waals surface area contributed by atoms with E-state index in [9.17, 15) is 0 Å². The Morgan fingerprint density at radius 1 is 1.47 bits per heavy atom. The van der Waals surface area contributed by atoms with Crippen LogP contribution in [0, 0.1) is 0 Å². The maximum Gasteiger partial charge on any atom is 0.166 e. The van der Waals surface area contributed by atoms with E-state index >= 15 is 0 Å². The molecular weight excluding hydrogens is 206 g/mol. The van der Waals surface area contributed by atoms with E-state index in [1.165, 1.54) is 5.56 Å². The molecule has 0 bridgehead atoms. The third-order valence-corrected chi connectivity index (χ3v) is 2.35. The van der Waals surface area contributed by atoms with Crippen molar-refractivity contribution in [2.75, 3.05) is 6.54 Å². The van der Waals surface area contributed by atoms with E-state index in [2.05, 4.69) is 29.5 Å². The average molecular weight is 223 g/mol. The van der Waals surface area contributed by atoms with Crippen LogP contribution in [-0.2, 0) is 0 Å². The van der Waals surface area contributed by atoms with Gasteiger partial charge < -0.3 is 10.6 Å². The second-order valence-corrected chi connectivity index (χ2v) is 3.81. The molecule has 0 spiro atoms. The van der Waals surface area contributed by atoms with E-state index < -0.39 is 0 Å². The predicted octanol–water partition coefficient (Wildman–Crippen LogP) is 2.02. The van der Waals surface area contributed by atoms with Gasteiger partial charge >= 0.3 is 0 Å². The highest BCUT2D eigenvalue weighted by atomic mass is 32.1. The number of nitrogens with zero attached hydrogens (tertiary/aromatic N) is 1. The summed E-state index contributed by atoms with van der Waals surface area (Å²) < 4.78 is 0. The zero-order valence-electron chi connectivity index (χ0n) is 9.16. The molecule has 0 fully saturated rings. The van der Waals surface area contributed by atoms with Crippen molar-refractivity contribution in [1.29, 1.82) is 0 Å². The van der Waals surface area contributed by atoms with E-state index in [1.54, 1.807) is 12.4 Å². The summed E-state index contributed by atoms with van der Waals surface area (Å²) in [5, 5.41) is 7.07. The maximum absolute atomic E-state index is 5.16. The summed E-state index contributed by atoms with van der Waals surface area (Å²) in [6, 6.07) is 4.19. The van der Waals surface area contributed by atoms with Crippen LogP contribution in [0.1, 0.15) is 31.9 Å². The average Bonchev–Trinajstić information content (AvgIpc) is 2.27. The third kappa shape index (κ3) is 4.25. The van der Waals surface area contributed by atoms with Crippen molar-refractivity contribution in [2.45, 2.75) is 26.3 Å². The first-order valence-corrected chi connectivity index (χ1v) is 5.59. The Balaban J connectivity index is 2.42. The smallest absolute Gasteiger partial charge is 0.166 e. The van der Waals surface area contributed by atoms with Gasteiger partial charge in [-0.2, -0.15) is 0 Å². The molecular formula is C11H17N3S. The summed E-state index contributed by atoms with van der Waals surface area (Å²) in [7, 11) is 0. The van der Waals surface area contributed by atoms with E-state index in [0.29, 0.717) is 5.11 Å². The van der Waals surface area contributed by atoms with Crippen LogP contribution < -0.4 is 10.6 Å². The lowest BCUT2D eigenvalue weighted by Crippen LogP contribution is -2.37. The second-order valence-electron chi connectivity index (χ2n) is 3.40. The normalized spacial score (nSPS) is 11.9. The number of pyridine rings is 1. The number of hydrogen-bond donors (Lipinski definition) is 2. The van der Waals surface area contributed by atoms with Gasteiger partial charge in [0.1, 0.15) is 0 Å². The van der Waals surface area contributed by atoms with Crippen LogP contribution in [-0.4, -0.2) is 16.6 Å². The van der Waals surface area contributed by atoms with Crippen LogP contribution in [0.25, 0.3) is 0 Å². The molecule has 1 heterocycles. The van der Waals surface area contributed by atoms with E-state index in [4.69, 9.17) is 12.2 Å². The molecule has 1 aromatic rings. The molecule has 2 N–H and O–H groups in total. The molecule has 0 aliphatic rings. The van der Waals surface area contributed by atoms with Gasteiger partial charge in [0.25, 0.3) is 0 Å². The number of nitrogens with one attached hydrogen (secondary N) is 2. The molecule has 0 amide bonds. The molecule has 0 aliphatic heterocycles. The van der Waals surface area contributed by atoms with Gasteiger partial charge in [-0.05, 0) is 43.3 Å². The quantitative estimate of drug-likeness (QED) is 0.766. The van der Waals surface area contributed by atoms with E-state index in [1.807, 2.05) is 12.1 Å². The van der Waals surface area contributed by atoms with E-state index in [0.717, 1.165) is 13.0 Å². The van der Waals surface area contributed by atoms with Gasteiger partial charge in [0, 0.05) is 18.9 Å². The fourth-order valence-corrected chi connectivity index (χ4v) is 1.50. The fourth-order valence-electron chi connectivity index (χ4n) is 1.22. The Morgan fingerprint density at radius 2 is 2.13 bits per heavy atom. The Hall–Kier alpha value is -1.16. The molecule has 0 saturated heterocycles. The minimum Gasteiger partial charge on any atom is -0.363 e. The molecule has 82 valence electrons. The molecule has 0 radical (unpaired) electrons. The lowest BCUT2D eigenvalue weighted by molar-refractivity contribution is 0.693. The van der Waals surface area contributed by atoms with Crippen LogP contribution in [0.3, 0.4) is 0 Å². The van der Waals surface area contributed by atoms with Crippen molar-refractivity contribution in [2.24, 2.45) is 0 Å². The Morgan fingerprint density at radius 3 is 2.73 bits per heavy atom. The zero-order valence-corrected chi connectivity index (χ0v) is 9.97. The van der Waals surface area contributed by atoms with Crippen molar-refractivity contribution in [3.05, 3.63) is 30.1 Å². The van der Waals surface area contributed by atoms with Gasteiger partial charge in [-0.1, -0.05) is 6.92 Å². The summed E-state index contributed by atoms with van der Waals surface area (Å²) in [5.74, 6) is 0. The van der Waals surface area contributed by atoms with Crippen molar-refractivity contribution in [3.63, 3.8) is 0 Å². The summed E-state index contributed by atoms with van der Waals surface area (Å²) in [5.41, 5.74) is 1.19. The number of hydrogen-bond acceptors (Lipinski definition) is 2. The SMILES string of the molecule is CCCNC(=S)NC(C)c1ccncc1. The number of rotatable bonds is 4. The summed E-state index contributed by atoms with van der Waals surface area (Å²) in [4.78, 5) is 3.98. The molecule has 4 heteroatoms. The first kappa shape index (κ1) is 11.9. The van der Waals surface area contributed by atoms with E-state index in [-0.39, 0.29) is 6.04 Å². The largest absolute Gasteiger partial charge is 0.363 e. The minimum absolute atomic E-state index is 0.213. The Kier molecular flexibility index (Phi) is 5.04. The highest BCUT2D eigenvalue weighted by molar-refractivity contribution is 7.80. The molecule has 0 saturated carbocycles. The highest BCUT2D eigenvalue weighted by Crippen LogP contribution is 2.09. The highest BCUT2D eigenvalue weighted by Gasteiger charge is 2.05. The van der Waals surface area contributed by atoms with Gasteiger partial charge in [-0.25, -0.2) is 0 Å². The predicted molar refractivity (Wildman–Crippen MR) is 66.7 cm³/mol. The van der Waals surface area contributed by atoms with Crippen LogP contribution >= 0.6 is 12.2 Å². The summed E-state index contributed by atoms with van der Waals surface area (Å²) >= 11 is 5.16. The van der Waals surface area contributed by atoms with Crippen molar-refractivity contribution in [3.8, 4) is 0 Å². The topological polar surface area (TPSA) is 37.0 Å². The van der Waals surface area contributed by atoms with Crippen LogP contribution in [0.4, 0.5) is 0 Å².